The second-order valence-corrected chi connectivity index (χ2v) is 4.92. The van der Waals surface area contributed by atoms with Crippen molar-refractivity contribution in [2.75, 3.05) is 19.7 Å². The smallest absolute Gasteiger partial charge is 0.324 e. The summed E-state index contributed by atoms with van der Waals surface area (Å²) in [5, 5.41) is 3.88. The lowest BCUT2D eigenvalue weighted by molar-refractivity contribution is -0.129. The van der Waals surface area contributed by atoms with Crippen LogP contribution < -0.4 is 10.1 Å². The van der Waals surface area contributed by atoms with Crippen molar-refractivity contribution < 1.29 is 14.3 Å². The molecule has 0 radical (unpaired) electrons. The highest BCUT2D eigenvalue weighted by molar-refractivity contribution is 6.35. The molecule has 3 rings (SSSR count). The molecule has 21 heavy (non-hydrogen) atoms. The molecule has 1 fully saturated rings. The molecule has 0 atom stereocenters. The van der Waals surface area contributed by atoms with Crippen LogP contribution in [0.25, 0.3) is 10.9 Å². The number of pyridine rings is 1. The summed E-state index contributed by atoms with van der Waals surface area (Å²) in [7, 11) is 0. The third-order valence-electron chi connectivity index (χ3n) is 3.19. The molecule has 108 valence electrons. The maximum absolute atomic E-state index is 11.9. The van der Waals surface area contributed by atoms with Gasteiger partial charge in [-0.3, -0.25) is 14.7 Å². The Hall–Kier alpha value is -2.34. The standard InChI is InChI=1S/C14H12ClN3O3/c15-10-3-4-11(13-9(10)2-1-5-16-13)21-8-12(19)18-7-6-17-14(18)20/h1-5H,6-8H2,(H,17,20). The first-order valence-corrected chi connectivity index (χ1v) is 6.79. The van der Waals surface area contributed by atoms with Crippen molar-refractivity contribution in [1.82, 2.24) is 15.2 Å². The number of ether oxygens (including phenoxy) is 1. The zero-order valence-corrected chi connectivity index (χ0v) is 11.8. The molecule has 7 heteroatoms. The molecule has 1 aliphatic heterocycles. The number of halogens is 1. The molecular formula is C14H12ClN3O3. The number of rotatable bonds is 3. The van der Waals surface area contributed by atoms with Crippen LogP contribution in [0.4, 0.5) is 4.79 Å². The predicted molar refractivity (Wildman–Crippen MR) is 77.4 cm³/mol. The average molecular weight is 306 g/mol. The minimum absolute atomic E-state index is 0.222. The molecule has 2 aromatic rings. The molecule has 3 amide bonds. The van der Waals surface area contributed by atoms with Gasteiger partial charge in [-0.05, 0) is 24.3 Å². The van der Waals surface area contributed by atoms with Crippen molar-refractivity contribution in [3.05, 3.63) is 35.5 Å². The summed E-state index contributed by atoms with van der Waals surface area (Å²) in [6.45, 7) is 0.609. The molecule has 1 saturated heterocycles. The monoisotopic (exact) mass is 305 g/mol. The van der Waals surface area contributed by atoms with Crippen molar-refractivity contribution in [3.63, 3.8) is 0 Å². The van der Waals surface area contributed by atoms with E-state index in [1.165, 1.54) is 0 Å². The van der Waals surface area contributed by atoms with Crippen LogP contribution in [0.1, 0.15) is 0 Å². The van der Waals surface area contributed by atoms with Crippen molar-refractivity contribution in [3.8, 4) is 5.75 Å². The number of imide groups is 1. The summed E-state index contributed by atoms with van der Waals surface area (Å²) in [6, 6.07) is 6.57. The largest absolute Gasteiger partial charge is 0.481 e. The number of urea groups is 1. The van der Waals surface area contributed by atoms with Crippen LogP contribution in [-0.2, 0) is 4.79 Å². The fourth-order valence-electron chi connectivity index (χ4n) is 2.16. The number of carbonyl (C=O) groups excluding carboxylic acids is 2. The van der Waals surface area contributed by atoms with E-state index in [0.717, 1.165) is 10.3 Å². The molecule has 1 aromatic heterocycles. The Morgan fingerprint density at radius 1 is 1.43 bits per heavy atom. The number of hydrogen-bond acceptors (Lipinski definition) is 4. The number of aromatic nitrogens is 1. The van der Waals surface area contributed by atoms with E-state index in [4.69, 9.17) is 16.3 Å². The Labute approximate surface area is 125 Å². The van der Waals surface area contributed by atoms with Crippen LogP contribution in [0.15, 0.2) is 30.5 Å². The van der Waals surface area contributed by atoms with E-state index in [1.54, 1.807) is 24.4 Å². The Kier molecular flexibility index (Phi) is 3.62. The quantitative estimate of drug-likeness (QED) is 0.939. The third kappa shape index (κ3) is 2.62. The van der Waals surface area contributed by atoms with E-state index >= 15 is 0 Å². The summed E-state index contributed by atoms with van der Waals surface area (Å²) < 4.78 is 5.50. The van der Waals surface area contributed by atoms with Crippen LogP contribution in [0, 0.1) is 0 Å². The topological polar surface area (TPSA) is 71.5 Å². The molecule has 0 bridgehead atoms. The van der Waals surface area contributed by atoms with Gasteiger partial charge in [0.1, 0.15) is 11.3 Å². The van der Waals surface area contributed by atoms with E-state index in [-0.39, 0.29) is 18.5 Å². The van der Waals surface area contributed by atoms with Gasteiger partial charge in [-0.25, -0.2) is 4.79 Å². The minimum atomic E-state index is -0.386. The van der Waals surface area contributed by atoms with E-state index in [2.05, 4.69) is 10.3 Å². The molecule has 0 aliphatic carbocycles. The van der Waals surface area contributed by atoms with Gasteiger partial charge >= 0.3 is 6.03 Å². The second-order valence-electron chi connectivity index (χ2n) is 4.51. The Balaban J connectivity index is 1.78. The van der Waals surface area contributed by atoms with Gasteiger partial charge in [0, 0.05) is 24.7 Å². The first-order chi connectivity index (χ1) is 10.2. The summed E-state index contributed by atoms with van der Waals surface area (Å²) in [5.41, 5.74) is 0.587. The number of nitrogens with zero attached hydrogens (tertiary/aromatic N) is 2. The lowest BCUT2D eigenvalue weighted by Gasteiger charge is -2.13. The number of nitrogens with one attached hydrogen (secondary N) is 1. The third-order valence-corrected chi connectivity index (χ3v) is 3.52. The van der Waals surface area contributed by atoms with Crippen molar-refractivity contribution in [2.45, 2.75) is 0 Å². The highest BCUT2D eigenvalue weighted by Gasteiger charge is 2.26. The van der Waals surface area contributed by atoms with Gasteiger partial charge in [0.15, 0.2) is 6.61 Å². The highest BCUT2D eigenvalue weighted by Crippen LogP contribution is 2.29. The van der Waals surface area contributed by atoms with E-state index in [0.29, 0.717) is 29.4 Å². The Morgan fingerprint density at radius 3 is 3.05 bits per heavy atom. The Bertz CT molecular complexity index is 720. The van der Waals surface area contributed by atoms with Gasteiger partial charge in [-0.15, -0.1) is 0 Å². The molecule has 2 heterocycles. The zero-order valence-electron chi connectivity index (χ0n) is 11.0. The SMILES string of the molecule is O=C(COc1ccc(Cl)c2cccnc12)N1CCNC1=O. The maximum Gasteiger partial charge on any atom is 0.324 e. The molecule has 1 aliphatic rings. The summed E-state index contributed by atoms with van der Waals surface area (Å²) in [4.78, 5) is 28.7. The first kappa shape index (κ1) is 13.6. The molecule has 1 aromatic carbocycles. The highest BCUT2D eigenvalue weighted by atomic mass is 35.5. The van der Waals surface area contributed by atoms with Gasteiger partial charge in [0.25, 0.3) is 5.91 Å². The van der Waals surface area contributed by atoms with Crippen molar-refractivity contribution >= 4 is 34.4 Å². The Morgan fingerprint density at radius 2 is 2.29 bits per heavy atom. The summed E-state index contributed by atoms with van der Waals surface area (Å²) in [5.74, 6) is 0.0759. The number of amides is 3. The number of carbonyl (C=O) groups is 2. The van der Waals surface area contributed by atoms with Gasteiger partial charge in [0.2, 0.25) is 0 Å². The van der Waals surface area contributed by atoms with Crippen molar-refractivity contribution in [1.29, 1.82) is 0 Å². The zero-order chi connectivity index (χ0) is 14.8. The van der Waals surface area contributed by atoms with Gasteiger partial charge in [-0.1, -0.05) is 11.6 Å². The summed E-state index contributed by atoms with van der Waals surface area (Å²) >= 11 is 6.09. The van der Waals surface area contributed by atoms with E-state index in [9.17, 15) is 9.59 Å². The summed E-state index contributed by atoms with van der Waals surface area (Å²) in [6.07, 6.45) is 1.63. The first-order valence-electron chi connectivity index (χ1n) is 6.41. The van der Waals surface area contributed by atoms with Crippen LogP contribution in [0.3, 0.4) is 0 Å². The molecule has 0 spiro atoms. The van der Waals surface area contributed by atoms with E-state index < -0.39 is 0 Å². The van der Waals surface area contributed by atoms with Gasteiger partial charge in [0.05, 0.1) is 5.02 Å². The van der Waals surface area contributed by atoms with Crippen LogP contribution in [-0.4, -0.2) is 41.5 Å². The normalized spacial score (nSPS) is 14.3. The number of fused-ring (bicyclic) bond motifs is 1. The van der Waals surface area contributed by atoms with Gasteiger partial charge in [-0.2, -0.15) is 0 Å². The fourth-order valence-corrected chi connectivity index (χ4v) is 2.37. The molecule has 6 nitrogen and oxygen atoms in total. The van der Waals surface area contributed by atoms with Gasteiger partial charge < -0.3 is 10.1 Å². The van der Waals surface area contributed by atoms with E-state index in [1.807, 2.05) is 6.07 Å². The number of benzene rings is 1. The lowest BCUT2D eigenvalue weighted by Crippen LogP contribution is -2.37. The molecule has 0 unspecified atom stereocenters. The minimum Gasteiger partial charge on any atom is -0.481 e. The van der Waals surface area contributed by atoms with Crippen molar-refractivity contribution in [2.24, 2.45) is 0 Å². The molecular weight excluding hydrogens is 294 g/mol. The van der Waals surface area contributed by atoms with Crippen LogP contribution >= 0.6 is 11.6 Å². The number of hydrogen-bond donors (Lipinski definition) is 1. The van der Waals surface area contributed by atoms with Crippen LogP contribution in [0.2, 0.25) is 5.02 Å². The molecule has 0 saturated carbocycles. The second kappa shape index (κ2) is 5.57. The predicted octanol–water partition coefficient (Wildman–Crippen LogP) is 1.82. The average Bonchev–Trinajstić information content (AvgIpc) is 2.93. The maximum atomic E-state index is 11.9. The fraction of sp³-hybridized carbons (Fsp3) is 0.214. The molecule has 1 N–H and O–H groups in total. The lowest BCUT2D eigenvalue weighted by atomic mass is 10.2. The van der Waals surface area contributed by atoms with Crippen LogP contribution in [0.5, 0.6) is 5.75 Å².